The smallest absolute Gasteiger partial charge is 0.00366 e. The maximum absolute atomic E-state index is 8.12. The summed E-state index contributed by atoms with van der Waals surface area (Å²) in [6.07, 6.45) is 0. The maximum atomic E-state index is 8.12. The van der Waals surface area contributed by atoms with Gasteiger partial charge in [0.25, 0.3) is 0 Å². The van der Waals surface area contributed by atoms with Crippen LogP contribution in [0, 0.1) is 10.1 Å². The van der Waals surface area contributed by atoms with Gasteiger partial charge in [0.1, 0.15) is 0 Å². The lowest BCUT2D eigenvalue weighted by Crippen LogP contribution is -3.00. The van der Waals surface area contributed by atoms with Gasteiger partial charge in [-0.2, -0.15) is 0 Å². The van der Waals surface area contributed by atoms with Crippen molar-refractivity contribution in [2.24, 2.45) is 0 Å². The van der Waals surface area contributed by atoms with E-state index >= 15 is 0 Å². The molecule has 0 heterocycles. The summed E-state index contributed by atoms with van der Waals surface area (Å²) in [5, 5.41) is 8.38. The molecule has 0 aliphatic rings. The fourth-order valence-electron chi connectivity index (χ4n) is 0.385. The third-order valence-electron chi connectivity index (χ3n) is 0.667. The number of hydrogen-bond acceptors (Lipinski definition) is 2. The van der Waals surface area contributed by atoms with Gasteiger partial charge < -0.3 is 24.0 Å². The highest BCUT2D eigenvalue weighted by Gasteiger charge is 1.57. The molecule has 1 aromatic carbocycles. The van der Waals surface area contributed by atoms with E-state index in [9.17, 15) is 0 Å². The zero-order valence-corrected chi connectivity index (χ0v) is 7.32. The maximum Gasteiger partial charge on any atom is 0.00366 e. The molecule has 0 atom stereocenters. The summed E-state index contributed by atoms with van der Waals surface area (Å²) in [6.45, 7) is 0. The van der Waals surface area contributed by atoms with Gasteiger partial charge in [0.15, 0.2) is 0 Å². The number of hydrogen-bond donors (Lipinski definition) is 1. The molecule has 0 radical (unpaired) electrons. The van der Waals surface area contributed by atoms with Crippen molar-refractivity contribution < 1.29 is 29.3 Å². The van der Waals surface area contributed by atoms with Gasteiger partial charge in [0, 0.05) is 5.34 Å². The molecule has 0 aliphatic carbocycles. The van der Waals surface area contributed by atoms with E-state index in [1.807, 2.05) is 36.4 Å². The van der Waals surface area contributed by atoms with Crippen molar-refractivity contribution in [3.63, 3.8) is 0 Å². The van der Waals surface area contributed by atoms with Crippen LogP contribution in [0.5, 0.6) is 0 Å². The fraction of sp³-hybridized carbons (Fsp3) is 0. The molecule has 0 bridgehead atoms. The summed E-state index contributed by atoms with van der Waals surface area (Å²) in [6, 6.07) is 12.0. The van der Waals surface area contributed by atoms with Gasteiger partial charge in [0.2, 0.25) is 0 Å². The third kappa shape index (κ3) is 10.4. The molecular formula is C6H7INO2-. The van der Waals surface area contributed by atoms with Crippen molar-refractivity contribution in [2.75, 3.05) is 0 Å². The van der Waals surface area contributed by atoms with Crippen LogP contribution in [-0.2, 0) is 0 Å². The van der Waals surface area contributed by atoms with E-state index in [0.29, 0.717) is 0 Å². The van der Waals surface area contributed by atoms with Crippen LogP contribution in [0.3, 0.4) is 0 Å². The molecule has 4 heteroatoms. The number of nitrogens with one attached hydrogen (secondary N) is 1. The molecule has 0 aliphatic heterocycles. The summed E-state index contributed by atoms with van der Waals surface area (Å²) in [5.74, 6) is 0. The van der Waals surface area contributed by atoms with Crippen molar-refractivity contribution >= 4 is 0 Å². The van der Waals surface area contributed by atoms with E-state index in [1.54, 1.807) is 0 Å². The van der Waals surface area contributed by atoms with E-state index in [0.717, 1.165) is 0 Å². The lowest BCUT2D eigenvalue weighted by Gasteiger charge is -1.69. The molecular weight excluding hydrogens is 245 g/mol. The Bertz CT molecular complexity index is 119. The topological polar surface area (TPSA) is 54.1 Å². The Hall–Kier alpha value is -0.650. The van der Waals surface area contributed by atoms with Crippen LogP contribution in [-0.4, -0.2) is 0 Å². The first kappa shape index (κ1) is 12.1. The Kier molecular flexibility index (Phi) is 13.5. The van der Waals surface area contributed by atoms with E-state index in [-0.39, 0.29) is 29.3 Å². The summed E-state index contributed by atoms with van der Waals surface area (Å²) < 4.78 is 0. The Balaban J connectivity index is 0. The van der Waals surface area contributed by atoms with Gasteiger partial charge >= 0.3 is 0 Å². The van der Waals surface area contributed by atoms with E-state index in [2.05, 4.69) is 0 Å². The number of halogens is 1. The third-order valence-corrected chi connectivity index (χ3v) is 0.667. The first-order valence-electron chi connectivity index (χ1n) is 2.41. The lowest BCUT2D eigenvalue weighted by atomic mass is 10.4. The van der Waals surface area contributed by atoms with Crippen molar-refractivity contribution in [2.45, 2.75) is 0 Å². The molecule has 1 N–H and O–H groups in total. The highest BCUT2D eigenvalue weighted by atomic mass is 127. The van der Waals surface area contributed by atoms with Crippen LogP contribution in [0.4, 0.5) is 0 Å². The molecule has 0 fully saturated rings. The van der Waals surface area contributed by atoms with Crippen molar-refractivity contribution in [3.8, 4) is 0 Å². The van der Waals surface area contributed by atoms with Gasteiger partial charge in [-0.05, 0) is 0 Å². The molecule has 1 aromatic rings. The zero-order chi connectivity index (χ0) is 6.95. The van der Waals surface area contributed by atoms with E-state index in [4.69, 9.17) is 10.1 Å². The SMILES string of the molecule is O=[NH+][O-].[I-].c1ccccc1. The second kappa shape index (κ2) is 11.2. The number of rotatable bonds is 0. The Morgan fingerprint density at radius 2 is 1.00 bits per heavy atom. The fourth-order valence-corrected chi connectivity index (χ4v) is 0.385. The minimum Gasteiger partial charge on any atom is -1.00 e. The van der Waals surface area contributed by atoms with E-state index < -0.39 is 0 Å². The van der Waals surface area contributed by atoms with Gasteiger partial charge in [-0.15, -0.1) is 0 Å². The van der Waals surface area contributed by atoms with Crippen LogP contribution in [0.15, 0.2) is 36.4 Å². The standard InChI is InChI=1S/C6H6.HI.HNO2/c1-2-4-6-5-3-1;;2-1-3/h1-6H;1H;1H/p-1. The first-order chi connectivity index (χ1) is 4.41. The molecule has 10 heavy (non-hydrogen) atoms. The quantitative estimate of drug-likeness (QED) is 0.304. The van der Waals surface area contributed by atoms with Crippen molar-refractivity contribution in [1.29, 1.82) is 0 Å². The molecule has 0 spiro atoms. The molecule has 0 saturated carbocycles. The Labute approximate surface area is 76.0 Å². The summed E-state index contributed by atoms with van der Waals surface area (Å²) in [7, 11) is 0. The minimum atomic E-state index is 0. The lowest BCUT2D eigenvalue weighted by molar-refractivity contribution is -0.398. The van der Waals surface area contributed by atoms with E-state index in [1.165, 1.54) is 0 Å². The highest BCUT2D eigenvalue weighted by Crippen LogP contribution is 1.79. The first-order valence-corrected chi connectivity index (χ1v) is 2.41. The van der Waals surface area contributed by atoms with Gasteiger partial charge in [-0.3, -0.25) is 10.1 Å². The van der Waals surface area contributed by atoms with Gasteiger partial charge in [0.05, 0.1) is 0 Å². The normalized spacial score (nSPS) is 6.00. The molecule has 56 valence electrons. The minimum absolute atomic E-state index is 0. The predicted octanol–water partition coefficient (Wildman–Crippen LogP) is -2.98. The number of benzene rings is 1. The molecule has 3 nitrogen and oxygen atoms in total. The molecule has 0 aromatic heterocycles. The molecule has 0 unspecified atom stereocenters. The van der Waals surface area contributed by atoms with Crippen LogP contribution in [0.2, 0.25) is 0 Å². The molecule has 0 saturated heterocycles. The predicted molar refractivity (Wildman–Crippen MR) is 34.1 cm³/mol. The van der Waals surface area contributed by atoms with Gasteiger partial charge in [-0.25, -0.2) is 0 Å². The Morgan fingerprint density at radius 3 is 1.10 bits per heavy atom. The Morgan fingerprint density at radius 1 is 0.900 bits per heavy atom. The van der Waals surface area contributed by atoms with Crippen molar-refractivity contribution in [1.82, 2.24) is 0 Å². The second-order valence-corrected chi connectivity index (χ2v) is 1.24. The molecule has 1 rings (SSSR count). The largest absolute Gasteiger partial charge is 1.00 e. The summed E-state index contributed by atoms with van der Waals surface area (Å²) in [5.41, 5.74) is 0. The summed E-state index contributed by atoms with van der Waals surface area (Å²) >= 11 is 0. The van der Waals surface area contributed by atoms with Crippen LogP contribution in [0.1, 0.15) is 0 Å². The van der Waals surface area contributed by atoms with Crippen molar-refractivity contribution in [3.05, 3.63) is 46.5 Å². The van der Waals surface area contributed by atoms with Gasteiger partial charge in [-0.1, -0.05) is 36.4 Å². The highest BCUT2D eigenvalue weighted by molar-refractivity contribution is 4.99. The monoisotopic (exact) mass is 252 g/mol. The average molecular weight is 252 g/mol. The average Bonchev–Trinajstić information content (AvgIpc) is 1.93. The van der Waals surface area contributed by atoms with Crippen LogP contribution in [0.25, 0.3) is 0 Å². The molecule has 0 amide bonds. The summed E-state index contributed by atoms with van der Waals surface area (Å²) in [4.78, 5) is 8.12. The zero-order valence-electron chi connectivity index (χ0n) is 5.16. The van der Waals surface area contributed by atoms with Crippen LogP contribution >= 0.6 is 0 Å². The van der Waals surface area contributed by atoms with Crippen LogP contribution < -0.4 is 29.3 Å². The second-order valence-electron chi connectivity index (χ2n) is 1.24.